The van der Waals surface area contributed by atoms with Gasteiger partial charge in [0.2, 0.25) is 0 Å². The van der Waals surface area contributed by atoms with Gasteiger partial charge in [-0.3, -0.25) is 14.8 Å². The number of sulfone groups is 1. The largest absolute Gasteiger partial charge is 0.338 e. The highest BCUT2D eigenvalue weighted by Crippen LogP contribution is 2.30. The summed E-state index contributed by atoms with van der Waals surface area (Å²) >= 11 is 0. The van der Waals surface area contributed by atoms with Crippen molar-refractivity contribution in [1.29, 1.82) is 0 Å². The van der Waals surface area contributed by atoms with Crippen LogP contribution in [-0.2, 0) is 9.84 Å². The Kier molecular flexibility index (Phi) is 4.76. The number of para-hydroxylation sites is 1. The highest BCUT2D eigenvalue weighted by atomic mass is 32.2. The third-order valence-corrected chi connectivity index (χ3v) is 6.05. The molecule has 0 aliphatic carbocycles. The molecule has 1 aromatic carbocycles. The number of piperidine rings is 1. The molecule has 0 saturated carbocycles. The van der Waals surface area contributed by atoms with Gasteiger partial charge in [-0.25, -0.2) is 18.4 Å². The molecule has 1 atom stereocenters. The molecule has 8 nitrogen and oxygen atoms in total. The third-order valence-electron chi connectivity index (χ3n) is 4.93. The zero-order valence-electron chi connectivity index (χ0n) is 15.3. The first kappa shape index (κ1) is 18.4. The monoisotopic (exact) mass is 397 g/mol. The lowest BCUT2D eigenvalue weighted by Crippen LogP contribution is -2.39. The van der Waals surface area contributed by atoms with Gasteiger partial charge in [0, 0.05) is 43.9 Å². The van der Waals surface area contributed by atoms with Crippen molar-refractivity contribution in [2.75, 3.05) is 19.3 Å². The van der Waals surface area contributed by atoms with E-state index < -0.39 is 9.84 Å². The minimum atomic E-state index is -3.45. The van der Waals surface area contributed by atoms with Crippen LogP contribution in [0.1, 0.15) is 34.8 Å². The maximum absolute atomic E-state index is 13.2. The van der Waals surface area contributed by atoms with Crippen LogP contribution in [0.3, 0.4) is 0 Å². The van der Waals surface area contributed by atoms with Crippen LogP contribution in [0.5, 0.6) is 0 Å². The lowest BCUT2D eigenvalue weighted by molar-refractivity contribution is 0.0707. The summed E-state index contributed by atoms with van der Waals surface area (Å²) in [6.45, 7) is 1.00. The van der Waals surface area contributed by atoms with Gasteiger partial charge in [0.05, 0.1) is 16.8 Å². The van der Waals surface area contributed by atoms with Crippen LogP contribution >= 0.6 is 0 Å². The summed E-state index contributed by atoms with van der Waals surface area (Å²) in [6.07, 6.45) is 8.52. The Balaban J connectivity index is 1.66. The maximum Gasteiger partial charge on any atom is 0.256 e. The van der Waals surface area contributed by atoms with Crippen LogP contribution in [0, 0.1) is 0 Å². The normalized spacial score (nSPS) is 17.6. The van der Waals surface area contributed by atoms with Crippen LogP contribution < -0.4 is 0 Å². The van der Waals surface area contributed by atoms with Crippen molar-refractivity contribution >= 4 is 26.8 Å². The van der Waals surface area contributed by atoms with Crippen LogP contribution in [0.25, 0.3) is 11.0 Å². The fourth-order valence-corrected chi connectivity index (χ4v) is 4.49. The van der Waals surface area contributed by atoms with Crippen LogP contribution in [0.2, 0.25) is 0 Å². The molecule has 144 valence electrons. The molecule has 0 radical (unpaired) electrons. The molecule has 3 heterocycles. The molecular weight excluding hydrogens is 378 g/mol. The van der Waals surface area contributed by atoms with E-state index in [-0.39, 0.29) is 16.7 Å². The Morgan fingerprint density at radius 2 is 2.00 bits per heavy atom. The fraction of sp³-hybridized carbons (Fsp3) is 0.316. The van der Waals surface area contributed by atoms with Gasteiger partial charge >= 0.3 is 0 Å². The van der Waals surface area contributed by atoms with Crippen LogP contribution in [-0.4, -0.2) is 58.5 Å². The second kappa shape index (κ2) is 7.23. The molecule has 1 amide bonds. The summed E-state index contributed by atoms with van der Waals surface area (Å²) in [7, 11) is -3.45. The number of carbonyl (C=O) groups is 1. The average molecular weight is 397 g/mol. The Morgan fingerprint density at radius 1 is 1.18 bits per heavy atom. The van der Waals surface area contributed by atoms with E-state index in [1.54, 1.807) is 29.4 Å². The number of carbonyl (C=O) groups excluding carboxylic acids is 1. The number of hydrogen-bond donors (Lipinski definition) is 0. The number of hydrogen-bond acceptors (Lipinski definition) is 7. The lowest BCUT2D eigenvalue weighted by atomic mass is 9.94. The molecule has 1 saturated heterocycles. The Labute approximate surface area is 162 Å². The second-order valence-corrected chi connectivity index (χ2v) is 8.85. The summed E-state index contributed by atoms with van der Waals surface area (Å²) in [5, 5.41) is 0. The molecule has 3 aromatic rings. The highest BCUT2D eigenvalue weighted by Gasteiger charge is 2.30. The number of aromatic nitrogens is 4. The molecule has 0 bridgehead atoms. The molecule has 4 rings (SSSR count). The van der Waals surface area contributed by atoms with E-state index >= 15 is 0 Å². The smallest absolute Gasteiger partial charge is 0.256 e. The van der Waals surface area contributed by atoms with E-state index in [1.807, 2.05) is 6.07 Å². The predicted octanol–water partition coefficient (Wildman–Crippen LogP) is 1.84. The summed E-state index contributed by atoms with van der Waals surface area (Å²) in [5.74, 6) is -0.294. The molecule has 0 unspecified atom stereocenters. The van der Waals surface area contributed by atoms with Crippen molar-refractivity contribution in [3.63, 3.8) is 0 Å². The Bertz CT molecular complexity index is 1140. The van der Waals surface area contributed by atoms with E-state index in [9.17, 15) is 13.2 Å². The molecule has 28 heavy (non-hydrogen) atoms. The van der Waals surface area contributed by atoms with E-state index in [2.05, 4.69) is 19.9 Å². The molecule has 1 fully saturated rings. The topological polar surface area (TPSA) is 106 Å². The first-order chi connectivity index (χ1) is 13.4. The van der Waals surface area contributed by atoms with Gasteiger partial charge < -0.3 is 4.90 Å². The molecule has 1 aliphatic heterocycles. The van der Waals surface area contributed by atoms with Gasteiger partial charge in [-0.05, 0) is 25.0 Å². The van der Waals surface area contributed by atoms with Crippen molar-refractivity contribution in [3.8, 4) is 0 Å². The SMILES string of the molecule is CS(=O)(=O)c1cncnc1[C@@H]1CCCN(C(=O)c2cccc3nccnc23)C1. The lowest BCUT2D eigenvalue weighted by Gasteiger charge is -2.33. The fourth-order valence-electron chi connectivity index (χ4n) is 3.64. The molecule has 1 aliphatic rings. The van der Waals surface area contributed by atoms with E-state index in [0.29, 0.717) is 35.4 Å². The van der Waals surface area contributed by atoms with Crippen molar-refractivity contribution < 1.29 is 13.2 Å². The standard InChI is InChI=1S/C19H19N5O3S/c1-28(26,27)16-10-20-12-23-17(16)13-4-3-9-24(11-13)19(25)14-5-2-6-15-18(14)22-8-7-21-15/h2,5-8,10,12-13H,3-4,9,11H2,1H3/t13-/m1/s1. The number of nitrogens with zero attached hydrogens (tertiary/aromatic N) is 5. The summed E-state index contributed by atoms with van der Waals surface area (Å²) < 4.78 is 24.2. The quantitative estimate of drug-likeness (QED) is 0.664. The van der Waals surface area contributed by atoms with Gasteiger partial charge in [-0.2, -0.15) is 0 Å². The van der Waals surface area contributed by atoms with Crippen molar-refractivity contribution in [2.24, 2.45) is 0 Å². The number of amides is 1. The first-order valence-electron chi connectivity index (χ1n) is 8.94. The maximum atomic E-state index is 13.2. The minimum Gasteiger partial charge on any atom is -0.338 e. The number of benzene rings is 1. The third kappa shape index (κ3) is 3.45. The van der Waals surface area contributed by atoms with Gasteiger partial charge in [0.15, 0.2) is 9.84 Å². The average Bonchev–Trinajstić information content (AvgIpc) is 2.72. The first-order valence-corrected chi connectivity index (χ1v) is 10.8. The van der Waals surface area contributed by atoms with Crippen molar-refractivity contribution in [3.05, 3.63) is 54.4 Å². The van der Waals surface area contributed by atoms with Gasteiger partial charge in [0.25, 0.3) is 5.91 Å². The number of rotatable bonds is 3. The zero-order chi connectivity index (χ0) is 19.7. The van der Waals surface area contributed by atoms with Crippen molar-refractivity contribution in [2.45, 2.75) is 23.7 Å². The Morgan fingerprint density at radius 3 is 2.82 bits per heavy atom. The zero-order valence-corrected chi connectivity index (χ0v) is 16.1. The van der Waals surface area contributed by atoms with Gasteiger partial charge in [-0.1, -0.05) is 6.07 Å². The van der Waals surface area contributed by atoms with E-state index in [4.69, 9.17) is 0 Å². The molecule has 9 heteroatoms. The van der Waals surface area contributed by atoms with Gasteiger partial charge in [-0.15, -0.1) is 0 Å². The molecule has 2 aromatic heterocycles. The number of fused-ring (bicyclic) bond motifs is 1. The summed E-state index contributed by atoms with van der Waals surface area (Å²) in [5.41, 5.74) is 2.21. The minimum absolute atomic E-state index is 0.130. The summed E-state index contributed by atoms with van der Waals surface area (Å²) in [4.78, 5) is 31.7. The number of likely N-dealkylation sites (tertiary alicyclic amines) is 1. The van der Waals surface area contributed by atoms with Crippen LogP contribution in [0.4, 0.5) is 0 Å². The molecule has 0 spiro atoms. The van der Waals surface area contributed by atoms with Crippen LogP contribution in [0.15, 0.2) is 48.0 Å². The van der Waals surface area contributed by atoms with Gasteiger partial charge in [0.1, 0.15) is 16.7 Å². The predicted molar refractivity (Wildman–Crippen MR) is 103 cm³/mol. The highest BCUT2D eigenvalue weighted by molar-refractivity contribution is 7.90. The molecular formula is C19H19N5O3S. The Hall–Kier alpha value is -2.94. The molecule has 0 N–H and O–H groups in total. The summed E-state index contributed by atoms with van der Waals surface area (Å²) in [6, 6.07) is 5.35. The van der Waals surface area contributed by atoms with E-state index in [1.165, 1.54) is 12.5 Å². The van der Waals surface area contributed by atoms with E-state index in [0.717, 1.165) is 19.1 Å². The second-order valence-electron chi connectivity index (χ2n) is 6.86. The van der Waals surface area contributed by atoms with Crippen molar-refractivity contribution in [1.82, 2.24) is 24.8 Å².